The first-order chi connectivity index (χ1) is 16.3. The molecule has 3 aromatic carbocycles. The molecule has 0 aliphatic carbocycles. The Bertz CT molecular complexity index is 1270. The Balaban J connectivity index is 1.62. The summed E-state index contributed by atoms with van der Waals surface area (Å²) in [6.45, 7) is 0. The molecule has 174 valence electrons. The number of carbonyl (C=O) groups is 3. The van der Waals surface area contributed by atoms with E-state index >= 15 is 0 Å². The highest BCUT2D eigenvalue weighted by Crippen LogP contribution is 2.30. The van der Waals surface area contributed by atoms with E-state index in [2.05, 4.69) is 31.8 Å². The third-order valence-electron chi connectivity index (χ3n) is 4.23. The molecule has 0 aliphatic heterocycles. The number of hydrogen-bond acceptors (Lipinski definition) is 6. The largest absolute Gasteiger partial charge is 0.493 e. The van der Waals surface area contributed by atoms with Crippen molar-refractivity contribution in [3.63, 3.8) is 0 Å². The molecule has 0 heterocycles. The molecule has 0 bridgehead atoms. The number of anilines is 1. The summed E-state index contributed by atoms with van der Waals surface area (Å²) in [7, 11) is 1.40. The van der Waals surface area contributed by atoms with Gasteiger partial charge in [-0.15, -0.1) is 0 Å². The molecule has 0 atom stereocenters. The number of esters is 1. The van der Waals surface area contributed by atoms with Gasteiger partial charge in [0, 0.05) is 15.2 Å². The van der Waals surface area contributed by atoms with Crippen LogP contribution >= 0.6 is 39.1 Å². The van der Waals surface area contributed by atoms with Gasteiger partial charge in [0.2, 0.25) is 0 Å². The summed E-state index contributed by atoms with van der Waals surface area (Å²) in [6.07, 6.45) is 1.30. The summed E-state index contributed by atoms with van der Waals surface area (Å²) in [5, 5.41) is 6.76. The quantitative estimate of drug-likeness (QED) is 0.143. The molecular formula is C23H16BrCl2N3O5. The molecule has 8 nitrogen and oxygen atoms in total. The fraction of sp³-hybridized carbons (Fsp3) is 0.0435. The van der Waals surface area contributed by atoms with Crippen LogP contribution in [-0.2, 0) is 9.59 Å². The summed E-state index contributed by atoms with van der Waals surface area (Å²) in [6, 6.07) is 15.7. The van der Waals surface area contributed by atoms with Gasteiger partial charge in [0.1, 0.15) is 0 Å². The van der Waals surface area contributed by atoms with Crippen molar-refractivity contribution in [2.45, 2.75) is 0 Å². The molecule has 3 aromatic rings. The second-order valence-electron chi connectivity index (χ2n) is 6.58. The lowest BCUT2D eigenvalue weighted by Gasteiger charge is -2.10. The molecule has 0 saturated heterocycles. The number of carbonyl (C=O) groups excluding carboxylic acids is 3. The van der Waals surface area contributed by atoms with Crippen LogP contribution in [0, 0.1) is 0 Å². The van der Waals surface area contributed by atoms with Crippen LogP contribution in [-0.4, -0.2) is 31.1 Å². The molecule has 11 heteroatoms. The zero-order valence-corrected chi connectivity index (χ0v) is 20.6. The maximum absolute atomic E-state index is 12.4. The van der Waals surface area contributed by atoms with Gasteiger partial charge < -0.3 is 14.8 Å². The van der Waals surface area contributed by atoms with E-state index in [1.165, 1.54) is 43.7 Å². The second-order valence-corrected chi connectivity index (χ2v) is 8.34. The fourth-order valence-corrected chi connectivity index (χ4v) is 3.35. The van der Waals surface area contributed by atoms with Crippen molar-refractivity contribution in [2.24, 2.45) is 5.10 Å². The Hall–Kier alpha value is -3.40. The molecule has 0 aliphatic rings. The van der Waals surface area contributed by atoms with Crippen molar-refractivity contribution < 1.29 is 23.9 Å². The number of rotatable bonds is 6. The Morgan fingerprint density at radius 3 is 2.35 bits per heavy atom. The van der Waals surface area contributed by atoms with Gasteiger partial charge in [0.05, 0.1) is 23.9 Å². The van der Waals surface area contributed by atoms with E-state index in [1.807, 2.05) is 0 Å². The smallest absolute Gasteiger partial charge is 0.345 e. The molecule has 3 rings (SSSR count). The lowest BCUT2D eigenvalue weighted by Crippen LogP contribution is -2.32. The van der Waals surface area contributed by atoms with Crippen molar-refractivity contribution in [3.8, 4) is 11.5 Å². The van der Waals surface area contributed by atoms with E-state index in [9.17, 15) is 14.4 Å². The molecule has 2 N–H and O–H groups in total. The number of hydrazone groups is 1. The average Bonchev–Trinajstić information content (AvgIpc) is 2.81. The van der Waals surface area contributed by atoms with Gasteiger partial charge in [-0.2, -0.15) is 5.10 Å². The number of nitrogens with one attached hydrogen (secondary N) is 2. The normalized spacial score (nSPS) is 10.6. The van der Waals surface area contributed by atoms with Crippen LogP contribution in [0.4, 0.5) is 5.69 Å². The van der Waals surface area contributed by atoms with E-state index in [0.717, 1.165) is 4.47 Å². The first kappa shape index (κ1) is 25.2. The third kappa shape index (κ3) is 6.80. The highest BCUT2D eigenvalue weighted by molar-refractivity contribution is 9.10. The van der Waals surface area contributed by atoms with Crippen LogP contribution in [0.3, 0.4) is 0 Å². The monoisotopic (exact) mass is 563 g/mol. The maximum Gasteiger partial charge on any atom is 0.345 e. The van der Waals surface area contributed by atoms with Gasteiger partial charge in [0.25, 0.3) is 0 Å². The number of benzene rings is 3. The predicted molar refractivity (Wildman–Crippen MR) is 133 cm³/mol. The van der Waals surface area contributed by atoms with E-state index in [-0.39, 0.29) is 22.1 Å². The summed E-state index contributed by atoms with van der Waals surface area (Å²) < 4.78 is 11.5. The number of amides is 2. The number of ether oxygens (including phenoxy) is 2. The summed E-state index contributed by atoms with van der Waals surface area (Å²) >= 11 is 15.2. The van der Waals surface area contributed by atoms with Gasteiger partial charge >= 0.3 is 17.8 Å². The van der Waals surface area contributed by atoms with E-state index < -0.39 is 17.8 Å². The van der Waals surface area contributed by atoms with Crippen molar-refractivity contribution >= 4 is 68.8 Å². The second kappa shape index (κ2) is 11.6. The van der Waals surface area contributed by atoms with E-state index in [4.69, 9.17) is 32.7 Å². The molecular weight excluding hydrogens is 549 g/mol. The van der Waals surface area contributed by atoms with Gasteiger partial charge in [0.15, 0.2) is 11.5 Å². The molecule has 0 radical (unpaired) electrons. The summed E-state index contributed by atoms with van der Waals surface area (Å²) in [5.74, 6) is -2.13. The first-order valence-electron chi connectivity index (χ1n) is 9.52. The van der Waals surface area contributed by atoms with Crippen LogP contribution in [0.25, 0.3) is 0 Å². The zero-order valence-electron chi connectivity index (χ0n) is 17.5. The van der Waals surface area contributed by atoms with Crippen LogP contribution in [0.5, 0.6) is 11.5 Å². The molecule has 0 saturated carbocycles. The van der Waals surface area contributed by atoms with E-state index in [0.29, 0.717) is 16.3 Å². The van der Waals surface area contributed by atoms with Crippen LogP contribution < -0.4 is 20.2 Å². The fourth-order valence-electron chi connectivity index (χ4n) is 2.60. The van der Waals surface area contributed by atoms with Crippen molar-refractivity contribution in [1.82, 2.24) is 5.43 Å². The number of halogens is 3. The van der Waals surface area contributed by atoms with Crippen molar-refractivity contribution in [1.29, 1.82) is 0 Å². The minimum atomic E-state index is -0.948. The van der Waals surface area contributed by atoms with Crippen molar-refractivity contribution in [3.05, 3.63) is 86.3 Å². The Morgan fingerprint density at radius 2 is 1.68 bits per heavy atom. The van der Waals surface area contributed by atoms with E-state index in [1.54, 1.807) is 30.3 Å². The number of hydrogen-bond donors (Lipinski definition) is 2. The molecule has 0 aromatic heterocycles. The minimum absolute atomic E-state index is 0.142. The molecule has 2 amide bonds. The first-order valence-corrected chi connectivity index (χ1v) is 11.1. The average molecular weight is 565 g/mol. The van der Waals surface area contributed by atoms with Crippen LogP contribution in [0.2, 0.25) is 10.0 Å². The standard InChI is InChI=1S/C23H16BrCl2N3O5/c1-33-20-10-13(2-9-19(20)34-23(32)17-8-5-15(25)11-18(17)26)12-27-29-22(31)21(30)28-16-6-3-14(24)4-7-16/h2-12H,1H3,(H,28,30)(H,29,31). The van der Waals surface area contributed by atoms with Gasteiger partial charge in [-0.1, -0.05) is 39.1 Å². The molecule has 0 fully saturated rings. The molecule has 34 heavy (non-hydrogen) atoms. The summed E-state index contributed by atoms with van der Waals surface area (Å²) in [5.41, 5.74) is 3.25. The van der Waals surface area contributed by atoms with Crippen molar-refractivity contribution in [2.75, 3.05) is 12.4 Å². The van der Waals surface area contributed by atoms with Gasteiger partial charge in [-0.05, 0) is 66.2 Å². The zero-order chi connectivity index (χ0) is 24.7. The topological polar surface area (TPSA) is 106 Å². The SMILES string of the molecule is COc1cc(C=NNC(=O)C(=O)Nc2ccc(Br)cc2)ccc1OC(=O)c1ccc(Cl)cc1Cl. The Labute approximate surface area is 213 Å². The highest BCUT2D eigenvalue weighted by Gasteiger charge is 2.16. The molecule has 0 spiro atoms. The highest BCUT2D eigenvalue weighted by atomic mass is 79.9. The maximum atomic E-state index is 12.4. The lowest BCUT2D eigenvalue weighted by atomic mass is 10.2. The minimum Gasteiger partial charge on any atom is -0.493 e. The number of methoxy groups -OCH3 is 1. The predicted octanol–water partition coefficient (Wildman–Crippen LogP) is 5.07. The molecule has 0 unspecified atom stereocenters. The van der Waals surface area contributed by atoms with Crippen LogP contribution in [0.1, 0.15) is 15.9 Å². The summed E-state index contributed by atoms with van der Waals surface area (Å²) in [4.78, 5) is 36.3. The Morgan fingerprint density at radius 1 is 0.941 bits per heavy atom. The van der Waals surface area contributed by atoms with Gasteiger partial charge in [-0.3, -0.25) is 9.59 Å². The van der Waals surface area contributed by atoms with Gasteiger partial charge in [-0.25, -0.2) is 10.2 Å². The van der Waals surface area contributed by atoms with Crippen LogP contribution in [0.15, 0.2) is 70.2 Å². The lowest BCUT2D eigenvalue weighted by molar-refractivity contribution is -0.136. The Kier molecular flexibility index (Phi) is 8.64. The third-order valence-corrected chi connectivity index (χ3v) is 5.31. The number of nitrogens with zero attached hydrogens (tertiary/aromatic N) is 1.